The number of aryl methyl sites for hydroxylation is 1. The molecular weight excluding hydrogens is 300 g/mol. The fraction of sp³-hybridized carbons (Fsp3) is 0.278. The number of aliphatic hydroxyl groups excluding tert-OH is 1. The van der Waals surface area contributed by atoms with Crippen molar-refractivity contribution in [3.63, 3.8) is 0 Å². The molecular formula is C18H19F2NO2. The molecule has 2 N–H and O–H groups in total. The summed E-state index contributed by atoms with van der Waals surface area (Å²) < 4.78 is 26.1. The van der Waals surface area contributed by atoms with Crippen LogP contribution in [0.3, 0.4) is 0 Å². The standard InChI is InChI=1S/C18H19F2NO2/c1-11-3-6-15(20)10-16(11)18(23)21-12(2)9-17(22)13-4-7-14(19)8-5-13/h3-8,10,12,17,22H,9H2,1-2H3,(H,21,23). The second-order valence-corrected chi connectivity index (χ2v) is 5.64. The molecule has 0 heterocycles. The highest BCUT2D eigenvalue weighted by atomic mass is 19.1. The molecule has 2 rings (SSSR count). The van der Waals surface area contributed by atoms with E-state index in [-0.39, 0.29) is 29.8 Å². The first-order valence-corrected chi connectivity index (χ1v) is 7.37. The van der Waals surface area contributed by atoms with Crippen molar-refractivity contribution in [2.24, 2.45) is 0 Å². The molecule has 0 aliphatic rings. The van der Waals surface area contributed by atoms with E-state index in [1.54, 1.807) is 19.9 Å². The molecule has 0 aliphatic heterocycles. The van der Waals surface area contributed by atoms with E-state index < -0.39 is 11.9 Å². The molecule has 0 radical (unpaired) electrons. The smallest absolute Gasteiger partial charge is 0.251 e. The molecule has 0 bridgehead atoms. The second-order valence-electron chi connectivity index (χ2n) is 5.64. The SMILES string of the molecule is Cc1ccc(F)cc1C(=O)NC(C)CC(O)c1ccc(F)cc1. The van der Waals surface area contributed by atoms with Crippen molar-refractivity contribution in [2.45, 2.75) is 32.4 Å². The molecule has 0 aliphatic carbocycles. The Bertz CT molecular complexity index is 686. The highest BCUT2D eigenvalue weighted by Crippen LogP contribution is 2.19. The molecule has 0 spiro atoms. The first-order valence-electron chi connectivity index (χ1n) is 7.37. The Morgan fingerprint density at radius 2 is 1.74 bits per heavy atom. The highest BCUT2D eigenvalue weighted by molar-refractivity contribution is 5.95. The number of benzene rings is 2. The van der Waals surface area contributed by atoms with Gasteiger partial charge in [0.25, 0.3) is 5.91 Å². The first kappa shape index (κ1) is 17.1. The Labute approximate surface area is 134 Å². The van der Waals surface area contributed by atoms with Crippen LogP contribution in [0.15, 0.2) is 42.5 Å². The Hall–Kier alpha value is -2.27. The third-order valence-corrected chi connectivity index (χ3v) is 3.65. The average Bonchev–Trinajstić information content (AvgIpc) is 2.50. The number of nitrogens with one attached hydrogen (secondary N) is 1. The van der Waals surface area contributed by atoms with Crippen molar-refractivity contribution < 1.29 is 18.7 Å². The van der Waals surface area contributed by atoms with Gasteiger partial charge in [-0.15, -0.1) is 0 Å². The zero-order valence-corrected chi connectivity index (χ0v) is 13.0. The predicted molar refractivity (Wildman–Crippen MR) is 84.0 cm³/mol. The highest BCUT2D eigenvalue weighted by Gasteiger charge is 2.17. The summed E-state index contributed by atoms with van der Waals surface area (Å²) in [5.41, 5.74) is 1.53. The summed E-state index contributed by atoms with van der Waals surface area (Å²) in [4.78, 5) is 12.2. The largest absolute Gasteiger partial charge is 0.388 e. The van der Waals surface area contributed by atoms with E-state index >= 15 is 0 Å². The lowest BCUT2D eigenvalue weighted by molar-refractivity contribution is 0.0916. The number of halogens is 2. The van der Waals surface area contributed by atoms with E-state index in [2.05, 4.69) is 5.32 Å². The van der Waals surface area contributed by atoms with Crippen molar-refractivity contribution in [3.8, 4) is 0 Å². The normalized spacial score (nSPS) is 13.4. The van der Waals surface area contributed by atoms with Crippen LogP contribution >= 0.6 is 0 Å². The minimum atomic E-state index is -0.820. The van der Waals surface area contributed by atoms with Gasteiger partial charge >= 0.3 is 0 Å². The van der Waals surface area contributed by atoms with Crippen LogP contribution in [0, 0.1) is 18.6 Å². The zero-order valence-electron chi connectivity index (χ0n) is 13.0. The Morgan fingerprint density at radius 3 is 2.39 bits per heavy atom. The summed E-state index contributed by atoms with van der Waals surface area (Å²) in [7, 11) is 0. The molecule has 2 aromatic rings. The van der Waals surface area contributed by atoms with Crippen molar-refractivity contribution in [1.29, 1.82) is 0 Å². The van der Waals surface area contributed by atoms with E-state index in [0.717, 1.165) is 0 Å². The van der Waals surface area contributed by atoms with E-state index in [1.165, 1.54) is 36.4 Å². The topological polar surface area (TPSA) is 49.3 Å². The van der Waals surface area contributed by atoms with Gasteiger partial charge in [0.15, 0.2) is 0 Å². The number of carbonyl (C=O) groups is 1. The molecule has 3 nitrogen and oxygen atoms in total. The lowest BCUT2D eigenvalue weighted by atomic mass is 10.0. The van der Waals surface area contributed by atoms with Crippen LogP contribution in [-0.4, -0.2) is 17.1 Å². The van der Waals surface area contributed by atoms with Gasteiger partial charge in [-0.2, -0.15) is 0 Å². The van der Waals surface area contributed by atoms with Gasteiger partial charge in [-0.1, -0.05) is 18.2 Å². The van der Waals surface area contributed by atoms with Gasteiger partial charge in [-0.25, -0.2) is 8.78 Å². The number of aliphatic hydroxyl groups is 1. The molecule has 0 fully saturated rings. The molecule has 0 aromatic heterocycles. The molecule has 2 atom stereocenters. The molecule has 122 valence electrons. The number of amides is 1. The first-order chi connectivity index (χ1) is 10.9. The fourth-order valence-corrected chi connectivity index (χ4v) is 2.36. The van der Waals surface area contributed by atoms with Gasteiger partial charge in [0.1, 0.15) is 11.6 Å². The maximum atomic E-state index is 13.3. The fourth-order valence-electron chi connectivity index (χ4n) is 2.36. The minimum Gasteiger partial charge on any atom is -0.388 e. The Kier molecular flexibility index (Phi) is 5.45. The van der Waals surface area contributed by atoms with Crippen LogP contribution in [0.5, 0.6) is 0 Å². The van der Waals surface area contributed by atoms with Crippen LogP contribution in [0.4, 0.5) is 8.78 Å². The predicted octanol–water partition coefficient (Wildman–Crippen LogP) is 3.52. The summed E-state index contributed by atoms with van der Waals surface area (Å²) in [6.45, 7) is 3.48. The van der Waals surface area contributed by atoms with Crippen molar-refractivity contribution >= 4 is 5.91 Å². The van der Waals surface area contributed by atoms with Crippen LogP contribution in [-0.2, 0) is 0 Å². The maximum Gasteiger partial charge on any atom is 0.251 e. The number of rotatable bonds is 5. The number of hydrogen-bond donors (Lipinski definition) is 2. The summed E-state index contributed by atoms with van der Waals surface area (Å²) in [6.07, 6.45) is -0.550. The molecule has 5 heteroatoms. The van der Waals surface area contributed by atoms with E-state index in [9.17, 15) is 18.7 Å². The van der Waals surface area contributed by atoms with Crippen molar-refractivity contribution in [1.82, 2.24) is 5.32 Å². The molecule has 2 aromatic carbocycles. The summed E-state index contributed by atoms with van der Waals surface area (Å²) in [5, 5.41) is 12.9. The van der Waals surface area contributed by atoms with Crippen LogP contribution in [0.1, 0.15) is 40.9 Å². The third-order valence-electron chi connectivity index (χ3n) is 3.65. The second kappa shape index (κ2) is 7.33. The average molecular weight is 319 g/mol. The van der Waals surface area contributed by atoms with Crippen molar-refractivity contribution in [3.05, 3.63) is 70.8 Å². The summed E-state index contributed by atoms with van der Waals surface area (Å²) in [5.74, 6) is -1.23. The third kappa shape index (κ3) is 4.60. The van der Waals surface area contributed by atoms with Gasteiger partial charge < -0.3 is 10.4 Å². The summed E-state index contributed by atoms with van der Waals surface area (Å²) in [6, 6.07) is 9.26. The van der Waals surface area contributed by atoms with Gasteiger partial charge in [0, 0.05) is 11.6 Å². The number of carbonyl (C=O) groups excluding carboxylic acids is 1. The van der Waals surface area contributed by atoms with Gasteiger partial charge in [-0.3, -0.25) is 4.79 Å². The quantitative estimate of drug-likeness (QED) is 0.886. The minimum absolute atomic E-state index is 0.270. The van der Waals surface area contributed by atoms with E-state index in [0.29, 0.717) is 11.1 Å². The van der Waals surface area contributed by atoms with Crippen molar-refractivity contribution in [2.75, 3.05) is 0 Å². The number of hydrogen-bond acceptors (Lipinski definition) is 2. The lowest BCUT2D eigenvalue weighted by Gasteiger charge is -2.19. The molecule has 23 heavy (non-hydrogen) atoms. The van der Waals surface area contributed by atoms with E-state index in [1.807, 2.05) is 0 Å². The molecule has 1 amide bonds. The molecule has 0 saturated heterocycles. The van der Waals surface area contributed by atoms with Gasteiger partial charge in [0.2, 0.25) is 0 Å². The lowest BCUT2D eigenvalue weighted by Crippen LogP contribution is -2.34. The molecule has 0 saturated carbocycles. The van der Waals surface area contributed by atoms with Crippen LogP contribution in [0.25, 0.3) is 0 Å². The summed E-state index contributed by atoms with van der Waals surface area (Å²) >= 11 is 0. The van der Waals surface area contributed by atoms with E-state index in [4.69, 9.17) is 0 Å². The maximum absolute atomic E-state index is 13.3. The zero-order chi connectivity index (χ0) is 17.0. The van der Waals surface area contributed by atoms with Crippen LogP contribution in [0.2, 0.25) is 0 Å². The molecule has 2 unspecified atom stereocenters. The van der Waals surface area contributed by atoms with Crippen LogP contribution < -0.4 is 5.32 Å². The monoisotopic (exact) mass is 319 g/mol. The Morgan fingerprint density at radius 1 is 1.13 bits per heavy atom. The Balaban J connectivity index is 1.98. The van der Waals surface area contributed by atoms with Gasteiger partial charge in [0.05, 0.1) is 6.10 Å². The van der Waals surface area contributed by atoms with Gasteiger partial charge in [-0.05, 0) is 55.7 Å².